The van der Waals surface area contributed by atoms with Gasteiger partial charge in [0, 0.05) is 18.1 Å². The minimum absolute atomic E-state index is 0.0171. The molecule has 1 fully saturated rings. The highest BCUT2D eigenvalue weighted by molar-refractivity contribution is 7.90. The molecule has 0 aliphatic carbocycles. The van der Waals surface area contributed by atoms with Gasteiger partial charge in [0.2, 0.25) is 0 Å². The molecule has 0 spiro atoms. The van der Waals surface area contributed by atoms with E-state index in [9.17, 15) is 22.4 Å². The molecule has 2 amide bonds. The zero-order valence-corrected chi connectivity index (χ0v) is 17.5. The Kier molecular flexibility index (Phi) is 5.19. The summed E-state index contributed by atoms with van der Waals surface area (Å²) in [7, 11) is -2.59. The molecule has 1 aliphatic heterocycles. The molecule has 1 aliphatic rings. The number of benzene rings is 2. The van der Waals surface area contributed by atoms with Gasteiger partial charge in [-0.1, -0.05) is 11.6 Å². The molecule has 0 radical (unpaired) electrons. The van der Waals surface area contributed by atoms with Crippen LogP contribution >= 0.6 is 11.6 Å². The molecular weight excluding hydrogens is 453 g/mol. The van der Waals surface area contributed by atoms with Crippen molar-refractivity contribution in [1.29, 1.82) is 0 Å². The Bertz CT molecular complexity index is 1330. The molecule has 0 saturated carbocycles. The van der Waals surface area contributed by atoms with Gasteiger partial charge in [0.15, 0.2) is 0 Å². The van der Waals surface area contributed by atoms with Gasteiger partial charge in [-0.25, -0.2) is 9.18 Å². The molecule has 3 aromatic rings. The van der Waals surface area contributed by atoms with Crippen molar-refractivity contribution in [2.75, 3.05) is 23.2 Å². The third kappa shape index (κ3) is 3.99. The van der Waals surface area contributed by atoms with Crippen LogP contribution in [0.1, 0.15) is 10.5 Å². The maximum atomic E-state index is 13.3. The summed E-state index contributed by atoms with van der Waals surface area (Å²) >= 11 is 5.74. The average molecular weight is 468 g/mol. The van der Waals surface area contributed by atoms with Crippen molar-refractivity contribution in [1.82, 2.24) is 14.1 Å². The molecule has 1 aromatic heterocycles. The lowest BCUT2D eigenvalue weighted by Gasteiger charge is -2.14. The minimum atomic E-state index is -4.15. The van der Waals surface area contributed by atoms with Crippen LogP contribution in [0, 0.1) is 5.82 Å². The van der Waals surface area contributed by atoms with E-state index in [4.69, 9.17) is 11.6 Å². The van der Waals surface area contributed by atoms with Crippen LogP contribution in [-0.2, 0) is 22.0 Å². The van der Waals surface area contributed by atoms with Crippen LogP contribution in [0.15, 0.2) is 36.4 Å². The number of amides is 2. The van der Waals surface area contributed by atoms with E-state index in [0.717, 1.165) is 6.07 Å². The molecule has 31 heavy (non-hydrogen) atoms. The molecule has 162 valence electrons. The van der Waals surface area contributed by atoms with Crippen LogP contribution in [0.4, 0.5) is 20.6 Å². The van der Waals surface area contributed by atoms with E-state index in [1.165, 1.54) is 35.0 Å². The first-order valence-corrected chi connectivity index (χ1v) is 10.7. The van der Waals surface area contributed by atoms with E-state index < -0.39 is 28.0 Å². The summed E-state index contributed by atoms with van der Waals surface area (Å²) in [6, 6.07) is 8.18. The van der Waals surface area contributed by atoms with Gasteiger partial charge in [-0.05, 0) is 36.4 Å². The highest BCUT2D eigenvalue weighted by Crippen LogP contribution is 2.25. The van der Waals surface area contributed by atoms with Gasteiger partial charge in [0.05, 0.1) is 22.8 Å². The zero-order chi connectivity index (χ0) is 22.3. The molecule has 2 heterocycles. The maximum absolute atomic E-state index is 13.3. The minimum Gasteiger partial charge on any atom is -0.447 e. The summed E-state index contributed by atoms with van der Waals surface area (Å²) < 4.78 is 46.9. The largest absolute Gasteiger partial charge is 0.447 e. The molecule has 13 heteroatoms. The number of aryl methyl sites for hydroxylation is 1. The van der Waals surface area contributed by atoms with Crippen molar-refractivity contribution in [3.05, 3.63) is 52.9 Å². The second-order valence-corrected chi connectivity index (χ2v) is 8.58. The molecule has 0 unspecified atom stereocenters. The fourth-order valence-corrected chi connectivity index (χ4v) is 4.38. The number of cyclic esters (lactones) is 1. The second-order valence-electron chi connectivity index (χ2n) is 6.58. The predicted octanol–water partition coefficient (Wildman–Crippen LogP) is 2.73. The highest BCUT2D eigenvalue weighted by Gasteiger charge is 2.33. The SMILES string of the molecule is Cn1nc2cc(NS(=O)(=O)N3CCOC3=O)ccc2c1C(=O)Nc1ccc(F)c(Cl)c1. The molecule has 2 aromatic carbocycles. The Morgan fingerprint density at radius 1 is 1.23 bits per heavy atom. The maximum Gasteiger partial charge on any atom is 0.425 e. The van der Waals surface area contributed by atoms with Crippen molar-refractivity contribution < 1.29 is 27.1 Å². The first-order valence-electron chi connectivity index (χ1n) is 8.86. The summed E-state index contributed by atoms with van der Waals surface area (Å²) in [5, 5.41) is 7.18. The quantitative estimate of drug-likeness (QED) is 0.594. The van der Waals surface area contributed by atoms with Crippen LogP contribution in [0.25, 0.3) is 10.9 Å². The monoisotopic (exact) mass is 467 g/mol. The lowest BCUT2D eigenvalue weighted by atomic mass is 10.2. The number of rotatable bonds is 5. The van der Waals surface area contributed by atoms with E-state index >= 15 is 0 Å². The third-order valence-corrected chi connectivity index (χ3v) is 6.18. The zero-order valence-electron chi connectivity index (χ0n) is 15.9. The lowest BCUT2D eigenvalue weighted by molar-refractivity contribution is 0.101. The van der Waals surface area contributed by atoms with E-state index in [0.29, 0.717) is 20.9 Å². The summed E-state index contributed by atoms with van der Waals surface area (Å²) in [6.45, 7) is -0.103. The number of carbonyl (C=O) groups excluding carboxylic acids is 2. The number of carbonyl (C=O) groups is 2. The Balaban J connectivity index is 1.60. The number of nitrogens with zero attached hydrogens (tertiary/aromatic N) is 3. The van der Waals surface area contributed by atoms with Crippen molar-refractivity contribution >= 4 is 56.1 Å². The Labute approximate surface area is 180 Å². The number of halogens is 2. The number of ether oxygens (including phenoxy) is 1. The van der Waals surface area contributed by atoms with E-state index in [1.807, 2.05) is 0 Å². The lowest BCUT2D eigenvalue weighted by Crippen LogP contribution is -2.36. The number of anilines is 2. The Morgan fingerprint density at radius 3 is 2.65 bits per heavy atom. The van der Waals surface area contributed by atoms with Crippen LogP contribution in [-0.4, -0.2) is 47.7 Å². The highest BCUT2D eigenvalue weighted by atomic mass is 35.5. The van der Waals surface area contributed by atoms with Crippen LogP contribution in [0.5, 0.6) is 0 Å². The van der Waals surface area contributed by atoms with E-state index in [-0.39, 0.29) is 29.6 Å². The molecule has 1 saturated heterocycles. The molecule has 4 rings (SSSR count). The van der Waals surface area contributed by atoms with Gasteiger partial charge < -0.3 is 10.1 Å². The number of aromatic nitrogens is 2. The van der Waals surface area contributed by atoms with Gasteiger partial charge in [-0.15, -0.1) is 0 Å². The van der Waals surface area contributed by atoms with E-state index in [1.54, 1.807) is 7.05 Å². The van der Waals surface area contributed by atoms with Crippen LogP contribution in [0.3, 0.4) is 0 Å². The summed E-state index contributed by atoms with van der Waals surface area (Å²) in [5.41, 5.74) is 0.997. The molecule has 10 nitrogen and oxygen atoms in total. The van der Waals surface area contributed by atoms with Crippen molar-refractivity contribution in [3.63, 3.8) is 0 Å². The third-order valence-electron chi connectivity index (χ3n) is 4.49. The first-order chi connectivity index (χ1) is 14.7. The molecule has 2 N–H and O–H groups in total. The van der Waals surface area contributed by atoms with Gasteiger partial charge in [0.25, 0.3) is 5.91 Å². The van der Waals surface area contributed by atoms with Gasteiger partial charge in [-0.3, -0.25) is 14.2 Å². The second kappa shape index (κ2) is 7.71. The number of hydrogen-bond acceptors (Lipinski definition) is 6. The van der Waals surface area contributed by atoms with Crippen LogP contribution in [0.2, 0.25) is 5.02 Å². The standard InChI is InChI=1S/C18H15ClFN5O5S/c1-24-16(17(26)21-10-3-5-14(20)13(19)8-10)12-4-2-11(9-15(12)22-24)23-31(28,29)25-6-7-30-18(25)27/h2-5,8-9,23H,6-7H2,1H3,(H,21,26). The van der Waals surface area contributed by atoms with Crippen molar-refractivity contribution in [2.45, 2.75) is 0 Å². The van der Waals surface area contributed by atoms with Crippen LogP contribution < -0.4 is 10.0 Å². The van der Waals surface area contributed by atoms with Gasteiger partial charge >= 0.3 is 16.3 Å². The summed E-state index contributed by atoms with van der Waals surface area (Å²) in [6.07, 6.45) is -0.953. The first kappa shape index (κ1) is 20.9. The molecule has 0 bridgehead atoms. The fourth-order valence-electron chi connectivity index (χ4n) is 3.10. The summed E-state index contributed by atoms with van der Waals surface area (Å²) in [5.74, 6) is -1.12. The van der Waals surface area contributed by atoms with E-state index in [2.05, 4.69) is 19.9 Å². The molecule has 0 atom stereocenters. The molecular formula is C18H15ClFN5O5S. The number of nitrogens with one attached hydrogen (secondary N) is 2. The predicted molar refractivity (Wildman–Crippen MR) is 111 cm³/mol. The van der Waals surface area contributed by atoms with Crippen molar-refractivity contribution in [2.24, 2.45) is 7.05 Å². The van der Waals surface area contributed by atoms with Crippen molar-refractivity contribution in [3.8, 4) is 0 Å². The average Bonchev–Trinajstić information content (AvgIpc) is 3.26. The fraction of sp³-hybridized carbons (Fsp3) is 0.167. The Morgan fingerprint density at radius 2 is 1.97 bits per heavy atom. The smallest absolute Gasteiger partial charge is 0.425 e. The van der Waals surface area contributed by atoms with Gasteiger partial charge in [0.1, 0.15) is 18.1 Å². The van der Waals surface area contributed by atoms with Gasteiger partial charge in [-0.2, -0.15) is 17.8 Å². The summed E-state index contributed by atoms with van der Waals surface area (Å²) in [4.78, 5) is 24.3. The normalized spacial score (nSPS) is 14.0. The Hall–Kier alpha value is -3.38. The number of hydrogen-bond donors (Lipinski definition) is 2. The topological polar surface area (TPSA) is 123 Å². The number of fused-ring (bicyclic) bond motifs is 1.